The molecule has 1 aromatic carbocycles. The van der Waals surface area contributed by atoms with Gasteiger partial charge in [0, 0.05) is 13.0 Å². The van der Waals surface area contributed by atoms with Crippen LogP contribution in [-0.2, 0) is 19.2 Å². The number of hydrogen-bond donors (Lipinski definition) is 1. The molecule has 0 aliphatic heterocycles. The van der Waals surface area contributed by atoms with Crippen molar-refractivity contribution in [1.29, 1.82) is 0 Å². The molecule has 1 rings (SSSR count). The van der Waals surface area contributed by atoms with E-state index in [0.29, 0.717) is 5.56 Å². The number of nitrogens with zero attached hydrogens (tertiary/aromatic N) is 1. The van der Waals surface area contributed by atoms with Gasteiger partial charge in [0.25, 0.3) is 0 Å². The summed E-state index contributed by atoms with van der Waals surface area (Å²) in [4.78, 5) is 10.7. The monoisotopic (exact) mass is 271 g/mol. The zero-order valence-corrected chi connectivity index (χ0v) is 11.0. The molecule has 0 aliphatic rings. The number of rotatable bonds is 4. The molecule has 0 aliphatic carbocycles. The first-order valence-corrected chi connectivity index (χ1v) is 6.43. The van der Waals surface area contributed by atoms with E-state index in [1.807, 2.05) is 0 Å². The van der Waals surface area contributed by atoms with E-state index >= 15 is 0 Å². The predicted molar refractivity (Wildman–Crippen MR) is 64.9 cm³/mol. The molecule has 98 valence electrons. The van der Waals surface area contributed by atoms with E-state index in [-0.39, 0.29) is 16.4 Å². The van der Waals surface area contributed by atoms with Crippen molar-refractivity contribution in [2.75, 3.05) is 0 Å². The van der Waals surface area contributed by atoms with E-state index in [0.717, 1.165) is 6.07 Å². The maximum atomic E-state index is 11.8. The van der Waals surface area contributed by atoms with E-state index in [1.54, 1.807) is 6.92 Å². The molecular weight excluding hydrogens is 258 g/mol. The minimum Gasteiger partial charge on any atom is -0.508 e. The zero-order chi connectivity index (χ0) is 13.9. The normalized spacial score (nSPS) is 12.3. The Hall–Kier alpha value is -1.89. The average molecular weight is 271 g/mol. The second-order valence-corrected chi connectivity index (χ2v) is 5.21. The molecule has 1 aromatic rings. The number of ketones is 1. The molecule has 6 nitrogen and oxygen atoms in total. The second-order valence-electron chi connectivity index (χ2n) is 3.71. The standard InChI is InChI=1S/C11H13NO5S/c1-7-4-5-10(14)6-11(7)18(15,16)17-12-8(2)9(3)13/h4-6,14H,1-3H3. The number of carbonyl (C=O) groups is 1. The number of phenols is 1. The molecular formula is C11H13NO5S. The number of aryl methyl sites for hydroxylation is 1. The van der Waals surface area contributed by atoms with Gasteiger partial charge < -0.3 is 5.11 Å². The van der Waals surface area contributed by atoms with Gasteiger partial charge in [0.2, 0.25) is 0 Å². The SMILES string of the molecule is CC(=O)C(C)=NOS(=O)(=O)c1cc(O)ccc1C. The molecule has 0 radical (unpaired) electrons. The number of Topliss-reactive ketones (excluding diaryl/α,β-unsaturated/α-hetero) is 1. The van der Waals surface area contributed by atoms with Crippen molar-refractivity contribution in [2.24, 2.45) is 5.16 Å². The van der Waals surface area contributed by atoms with Crippen molar-refractivity contribution < 1.29 is 22.6 Å². The van der Waals surface area contributed by atoms with Gasteiger partial charge in [-0.25, -0.2) is 0 Å². The van der Waals surface area contributed by atoms with Crippen LogP contribution in [0.2, 0.25) is 0 Å². The van der Waals surface area contributed by atoms with Crippen molar-refractivity contribution in [1.82, 2.24) is 0 Å². The maximum Gasteiger partial charge on any atom is 0.358 e. The van der Waals surface area contributed by atoms with Crippen LogP contribution in [0.1, 0.15) is 19.4 Å². The maximum absolute atomic E-state index is 11.8. The summed E-state index contributed by atoms with van der Waals surface area (Å²) in [5, 5.41) is 12.5. The number of hydrogen-bond acceptors (Lipinski definition) is 6. The van der Waals surface area contributed by atoms with Crippen LogP contribution in [0.3, 0.4) is 0 Å². The molecule has 0 bridgehead atoms. The fraction of sp³-hybridized carbons (Fsp3) is 0.273. The first kappa shape index (κ1) is 14.2. The van der Waals surface area contributed by atoms with E-state index < -0.39 is 15.9 Å². The summed E-state index contributed by atoms with van der Waals surface area (Å²) >= 11 is 0. The first-order chi connectivity index (χ1) is 8.24. The van der Waals surface area contributed by atoms with Gasteiger partial charge in [-0.15, -0.1) is 0 Å². The van der Waals surface area contributed by atoms with Crippen LogP contribution in [0.15, 0.2) is 28.3 Å². The molecule has 0 unspecified atom stereocenters. The van der Waals surface area contributed by atoms with Gasteiger partial charge in [0.15, 0.2) is 5.78 Å². The van der Waals surface area contributed by atoms with Crippen LogP contribution < -0.4 is 0 Å². The summed E-state index contributed by atoms with van der Waals surface area (Å²) in [6, 6.07) is 3.86. The molecule has 18 heavy (non-hydrogen) atoms. The molecule has 0 saturated carbocycles. The Morgan fingerprint density at radius 3 is 2.50 bits per heavy atom. The predicted octanol–water partition coefficient (Wildman–Crippen LogP) is 1.37. The fourth-order valence-corrected chi connectivity index (χ4v) is 2.09. The number of benzene rings is 1. The van der Waals surface area contributed by atoms with Crippen LogP contribution in [0.25, 0.3) is 0 Å². The van der Waals surface area contributed by atoms with Crippen LogP contribution in [0.4, 0.5) is 0 Å². The summed E-state index contributed by atoms with van der Waals surface area (Å²) < 4.78 is 28.0. The number of oxime groups is 1. The number of carbonyl (C=O) groups excluding carboxylic acids is 1. The highest BCUT2D eigenvalue weighted by Gasteiger charge is 2.19. The molecule has 0 aromatic heterocycles. The molecule has 0 amide bonds. The van der Waals surface area contributed by atoms with E-state index in [2.05, 4.69) is 9.44 Å². The van der Waals surface area contributed by atoms with Crippen molar-refractivity contribution >= 4 is 21.6 Å². The smallest absolute Gasteiger partial charge is 0.358 e. The van der Waals surface area contributed by atoms with Crippen molar-refractivity contribution in [2.45, 2.75) is 25.7 Å². The second kappa shape index (κ2) is 5.18. The molecule has 0 fully saturated rings. The molecule has 0 heterocycles. The van der Waals surface area contributed by atoms with Gasteiger partial charge in [-0.05, 0) is 25.5 Å². The molecule has 0 spiro atoms. The largest absolute Gasteiger partial charge is 0.508 e. The van der Waals surface area contributed by atoms with Gasteiger partial charge in [-0.2, -0.15) is 8.42 Å². The van der Waals surface area contributed by atoms with Gasteiger partial charge >= 0.3 is 10.1 Å². The topological polar surface area (TPSA) is 93.0 Å². The Balaban J connectivity index is 3.11. The lowest BCUT2D eigenvalue weighted by atomic mass is 10.2. The summed E-state index contributed by atoms with van der Waals surface area (Å²) in [5.74, 6) is -0.590. The minimum absolute atomic E-state index is 0.0589. The van der Waals surface area contributed by atoms with Gasteiger partial charge in [-0.3, -0.25) is 9.08 Å². The highest BCUT2D eigenvalue weighted by Crippen LogP contribution is 2.22. The first-order valence-electron chi connectivity index (χ1n) is 5.03. The minimum atomic E-state index is -4.14. The highest BCUT2D eigenvalue weighted by molar-refractivity contribution is 7.86. The van der Waals surface area contributed by atoms with E-state index in [4.69, 9.17) is 0 Å². The Morgan fingerprint density at radius 2 is 1.94 bits per heavy atom. The third-order valence-electron chi connectivity index (χ3n) is 2.22. The lowest BCUT2D eigenvalue weighted by molar-refractivity contribution is -0.111. The lowest BCUT2D eigenvalue weighted by Gasteiger charge is -2.05. The molecule has 0 atom stereocenters. The average Bonchev–Trinajstić information content (AvgIpc) is 2.29. The highest BCUT2D eigenvalue weighted by atomic mass is 32.2. The third-order valence-corrected chi connectivity index (χ3v) is 3.47. The van der Waals surface area contributed by atoms with Gasteiger partial charge in [0.05, 0.1) is 0 Å². The van der Waals surface area contributed by atoms with E-state index in [1.165, 1.54) is 26.0 Å². The number of aromatic hydroxyl groups is 1. The van der Waals surface area contributed by atoms with Gasteiger partial charge in [-0.1, -0.05) is 11.2 Å². The number of phenolic OH excluding ortho intramolecular Hbond substituents is 1. The summed E-state index contributed by atoms with van der Waals surface area (Å²) in [7, 11) is -4.14. The van der Waals surface area contributed by atoms with Crippen LogP contribution in [0, 0.1) is 6.92 Å². The summed E-state index contributed by atoms with van der Waals surface area (Å²) in [6.07, 6.45) is 0. The Labute approximate surface area is 105 Å². The lowest BCUT2D eigenvalue weighted by Crippen LogP contribution is -2.09. The zero-order valence-electron chi connectivity index (χ0n) is 10.2. The summed E-state index contributed by atoms with van der Waals surface area (Å²) in [5.41, 5.74) is 0.347. The van der Waals surface area contributed by atoms with E-state index in [9.17, 15) is 18.3 Å². The van der Waals surface area contributed by atoms with Gasteiger partial charge in [0.1, 0.15) is 16.4 Å². The summed E-state index contributed by atoms with van der Waals surface area (Å²) in [6.45, 7) is 4.14. The third kappa shape index (κ3) is 3.30. The molecule has 0 saturated heterocycles. The van der Waals surface area contributed by atoms with Crippen molar-refractivity contribution in [3.8, 4) is 5.75 Å². The Kier molecular flexibility index (Phi) is 4.07. The molecule has 1 N–H and O–H groups in total. The van der Waals surface area contributed by atoms with Crippen LogP contribution >= 0.6 is 0 Å². The Bertz CT molecular complexity index is 604. The molecule has 7 heteroatoms. The quantitative estimate of drug-likeness (QED) is 0.659. The van der Waals surface area contributed by atoms with Crippen LogP contribution in [0.5, 0.6) is 5.75 Å². The Morgan fingerprint density at radius 1 is 1.33 bits per heavy atom. The van der Waals surface area contributed by atoms with Crippen molar-refractivity contribution in [3.05, 3.63) is 23.8 Å². The van der Waals surface area contributed by atoms with Crippen LogP contribution in [-0.4, -0.2) is 25.0 Å². The fourth-order valence-electron chi connectivity index (χ4n) is 1.07. The van der Waals surface area contributed by atoms with Crippen molar-refractivity contribution in [3.63, 3.8) is 0 Å².